The van der Waals surface area contributed by atoms with Gasteiger partial charge in [0, 0.05) is 5.92 Å². The quantitative estimate of drug-likeness (QED) is 0.244. The van der Waals surface area contributed by atoms with Crippen molar-refractivity contribution >= 4 is 11.5 Å². The molecule has 4 atom stereocenters. The van der Waals surface area contributed by atoms with Crippen molar-refractivity contribution in [2.75, 3.05) is 11.6 Å². The summed E-state index contributed by atoms with van der Waals surface area (Å²) in [4.78, 5) is 13.8. The molecule has 0 radical (unpaired) electrons. The molecule has 3 aromatic carbocycles. The molecule has 1 fully saturated rings. The van der Waals surface area contributed by atoms with Crippen LogP contribution >= 0.6 is 0 Å². The molecule has 9 heteroatoms. The van der Waals surface area contributed by atoms with Gasteiger partial charge in [-0.3, -0.25) is 9.80 Å². The Kier molecular flexibility index (Phi) is 8.72. The van der Waals surface area contributed by atoms with Crippen LogP contribution in [-0.2, 0) is 4.79 Å². The zero-order valence-electron chi connectivity index (χ0n) is 24.3. The minimum Gasteiger partial charge on any atom is -0.306 e. The predicted octanol–water partition coefficient (Wildman–Crippen LogP) is 7.24. The van der Waals surface area contributed by atoms with Gasteiger partial charge in [0.05, 0.1) is 29.1 Å². The summed E-state index contributed by atoms with van der Waals surface area (Å²) in [7, 11) is 0. The summed E-state index contributed by atoms with van der Waals surface area (Å²) in [6.45, 7) is 6.17. The highest BCUT2D eigenvalue weighted by Crippen LogP contribution is 2.37. The van der Waals surface area contributed by atoms with E-state index in [2.05, 4.69) is 16.8 Å². The van der Waals surface area contributed by atoms with E-state index < -0.39 is 35.7 Å². The molecule has 1 heterocycles. The molecular weight excluding hydrogens is 556 g/mol. The van der Waals surface area contributed by atoms with Crippen LogP contribution in [0.4, 0.5) is 23.2 Å². The number of hydrogen-bond acceptors (Lipinski definition) is 5. The number of nitriles is 1. The number of rotatable bonds is 10. The summed E-state index contributed by atoms with van der Waals surface area (Å²) in [5.41, 5.74) is 5.94. The average Bonchev–Trinajstić information content (AvgIpc) is 3.70. The summed E-state index contributed by atoms with van der Waals surface area (Å²) in [6.07, 6.45) is -1.44. The minimum absolute atomic E-state index is 0.185. The summed E-state index contributed by atoms with van der Waals surface area (Å²) in [5.74, 6) is -1.93. The highest BCUT2D eigenvalue weighted by Gasteiger charge is 2.45. The van der Waals surface area contributed by atoms with Gasteiger partial charge in [-0.05, 0) is 85.2 Å². The summed E-state index contributed by atoms with van der Waals surface area (Å²) < 4.78 is 56.6. The Morgan fingerprint density at radius 1 is 1.07 bits per heavy atom. The highest BCUT2D eigenvalue weighted by atomic mass is 19.4. The van der Waals surface area contributed by atoms with Gasteiger partial charge in [0.15, 0.2) is 5.78 Å². The van der Waals surface area contributed by atoms with Gasteiger partial charge >= 0.3 is 6.18 Å². The third kappa shape index (κ3) is 6.82. The van der Waals surface area contributed by atoms with Gasteiger partial charge in [-0.2, -0.15) is 18.4 Å². The third-order valence-electron chi connectivity index (χ3n) is 8.36. The first-order chi connectivity index (χ1) is 20.5. The Bertz CT molecular complexity index is 1570. The maximum absolute atomic E-state index is 15.4. The number of carbonyl (C=O) groups excluding carboxylic acids is 1. The van der Waals surface area contributed by atoms with Gasteiger partial charge in [0.2, 0.25) is 0 Å². The Morgan fingerprint density at radius 2 is 1.79 bits per heavy atom. The molecule has 2 aliphatic rings. The van der Waals surface area contributed by atoms with E-state index in [9.17, 15) is 23.2 Å². The standard InChI is InChI=1S/C34H34F4N4O/c1-20-6-4-8-25(14-20)32(40-19-23-10-11-23)26-12-13-29(35)28(16-26)21(2)22(3)33(43)30-17-31(34(36,37)38)41-42(30)27-9-5-7-24(15-27)18-39/h4-9,12-17,21-23,31-32,40-41H,10-11,19H2,1-3H3. The maximum Gasteiger partial charge on any atom is 0.409 e. The van der Waals surface area contributed by atoms with Gasteiger partial charge in [0.1, 0.15) is 11.9 Å². The smallest absolute Gasteiger partial charge is 0.306 e. The van der Waals surface area contributed by atoms with Crippen LogP contribution in [0, 0.1) is 35.9 Å². The van der Waals surface area contributed by atoms with E-state index in [0.29, 0.717) is 11.5 Å². The SMILES string of the molecule is Cc1cccc(C(NCC2CC2)c2ccc(F)c(C(C)C(C)C(=O)C3=CC(C(F)(F)F)NN3c3cccc(C#N)c3)c2)c1. The van der Waals surface area contributed by atoms with E-state index in [0.717, 1.165) is 34.3 Å². The van der Waals surface area contributed by atoms with Gasteiger partial charge < -0.3 is 5.32 Å². The van der Waals surface area contributed by atoms with Crippen molar-refractivity contribution in [3.63, 3.8) is 0 Å². The van der Waals surface area contributed by atoms with Crippen LogP contribution in [0.15, 0.2) is 78.5 Å². The van der Waals surface area contributed by atoms with Crippen molar-refractivity contribution in [1.82, 2.24) is 10.7 Å². The lowest BCUT2D eigenvalue weighted by Gasteiger charge is -2.28. The molecule has 5 nitrogen and oxygen atoms in total. The number of aryl methyl sites for hydroxylation is 1. The largest absolute Gasteiger partial charge is 0.409 e. The van der Waals surface area contributed by atoms with Crippen LogP contribution in [0.3, 0.4) is 0 Å². The Morgan fingerprint density at radius 3 is 2.47 bits per heavy atom. The topological polar surface area (TPSA) is 68.2 Å². The van der Waals surface area contributed by atoms with Gasteiger partial charge in [-0.15, -0.1) is 0 Å². The number of hydrogen-bond donors (Lipinski definition) is 2. The average molecular weight is 591 g/mol. The predicted molar refractivity (Wildman–Crippen MR) is 157 cm³/mol. The lowest BCUT2D eigenvalue weighted by atomic mass is 9.83. The number of nitrogens with one attached hydrogen (secondary N) is 2. The monoisotopic (exact) mass is 590 g/mol. The Labute approximate surface area is 249 Å². The van der Waals surface area contributed by atoms with Crippen LogP contribution in [0.1, 0.15) is 66.5 Å². The van der Waals surface area contributed by atoms with Gasteiger partial charge in [-0.1, -0.05) is 61.9 Å². The Hall–Kier alpha value is -4.00. The third-order valence-corrected chi connectivity index (χ3v) is 8.36. The zero-order valence-corrected chi connectivity index (χ0v) is 24.3. The van der Waals surface area contributed by atoms with Crippen molar-refractivity contribution in [3.05, 3.63) is 112 Å². The molecule has 3 aromatic rings. The highest BCUT2D eigenvalue weighted by molar-refractivity contribution is 6.01. The normalized spacial score (nSPS) is 19.0. The second-order valence-corrected chi connectivity index (χ2v) is 11.6. The molecule has 0 spiro atoms. The minimum atomic E-state index is -4.65. The molecule has 4 unspecified atom stereocenters. The molecule has 0 bridgehead atoms. The number of benzene rings is 3. The first-order valence-corrected chi connectivity index (χ1v) is 14.4. The number of nitrogens with zero attached hydrogens (tertiary/aromatic N) is 2. The second kappa shape index (κ2) is 12.3. The number of alkyl halides is 3. The van der Waals surface area contributed by atoms with E-state index in [1.165, 1.54) is 43.2 Å². The first kappa shape index (κ1) is 30.5. The van der Waals surface area contributed by atoms with Crippen molar-refractivity contribution in [2.24, 2.45) is 11.8 Å². The summed E-state index contributed by atoms with van der Waals surface area (Å²) in [5, 5.41) is 14.0. The molecule has 1 aliphatic heterocycles. The molecule has 0 saturated heterocycles. The molecule has 5 rings (SSSR count). The fourth-order valence-corrected chi connectivity index (χ4v) is 5.47. The van der Waals surface area contributed by atoms with Crippen LogP contribution in [0.2, 0.25) is 0 Å². The molecule has 2 N–H and O–H groups in total. The molecule has 224 valence electrons. The van der Waals surface area contributed by atoms with E-state index in [-0.39, 0.29) is 23.0 Å². The number of halogens is 4. The number of carbonyl (C=O) groups is 1. The molecule has 0 aromatic heterocycles. The second-order valence-electron chi connectivity index (χ2n) is 11.6. The van der Waals surface area contributed by atoms with Crippen molar-refractivity contribution in [1.29, 1.82) is 5.26 Å². The maximum atomic E-state index is 15.4. The number of allylic oxidation sites excluding steroid dienone is 1. The molecular formula is C34H34F4N4O. The molecule has 43 heavy (non-hydrogen) atoms. The van der Waals surface area contributed by atoms with E-state index in [1.807, 2.05) is 31.2 Å². The van der Waals surface area contributed by atoms with Crippen molar-refractivity contribution in [3.8, 4) is 6.07 Å². The number of anilines is 1. The fraction of sp³-hybridized carbons (Fsp3) is 0.353. The summed E-state index contributed by atoms with van der Waals surface area (Å²) >= 11 is 0. The van der Waals surface area contributed by atoms with Crippen molar-refractivity contribution in [2.45, 2.75) is 57.8 Å². The molecule has 1 saturated carbocycles. The van der Waals surface area contributed by atoms with Crippen molar-refractivity contribution < 1.29 is 22.4 Å². The van der Waals surface area contributed by atoms with Gasteiger partial charge in [0.25, 0.3) is 0 Å². The molecule has 1 aliphatic carbocycles. The van der Waals surface area contributed by atoms with Crippen LogP contribution in [0.25, 0.3) is 0 Å². The fourth-order valence-electron chi connectivity index (χ4n) is 5.47. The molecule has 0 amide bonds. The van der Waals surface area contributed by atoms with E-state index >= 15 is 4.39 Å². The number of hydrazine groups is 1. The first-order valence-electron chi connectivity index (χ1n) is 14.4. The van der Waals surface area contributed by atoms with Gasteiger partial charge in [-0.25, -0.2) is 9.82 Å². The Balaban J connectivity index is 1.45. The number of ketones is 1. The lowest BCUT2D eigenvalue weighted by molar-refractivity contribution is -0.142. The number of Topliss-reactive ketones (excluding diaryl/α,β-unsaturated/α-hetero) is 1. The van der Waals surface area contributed by atoms with Crippen LogP contribution in [-0.4, -0.2) is 24.5 Å². The lowest BCUT2D eigenvalue weighted by Crippen LogP contribution is -2.45. The van der Waals surface area contributed by atoms with E-state index in [4.69, 9.17) is 0 Å². The van der Waals surface area contributed by atoms with Crippen LogP contribution < -0.4 is 15.8 Å². The summed E-state index contributed by atoms with van der Waals surface area (Å²) in [6, 6.07) is 18.7. The van der Waals surface area contributed by atoms with E-state index in [1.54, 1.807) is 26.0 Å². The van der Waals surface area contributed by atoms with Crippen LogP contribution in [0.5, 0.6) is 0 Å². The zero-order chi connectivity index (χ0) is 30.9.